The number of nitrogens with zero attached hydrogens (tertiary/aromatic N) is 5. The second kappa shape index (κ2) is 16.9. The van der Waals surface area contributed by atoms with Crippen LogP contribution in [0.15, 0.2) is 78.1 Å². The van der Waals surface area contributed by atoms with E-state index in [9.17, 15) is 14.4 Å². The molecule has 6 aromatic rings. The van der Waals surface area contributed by atoms with Gasteiger partial charge in [-0.1, -0.05) is 89.5 Å². The van der Waals surface area contributed by atoms with Gasteiger partial charge in [-0.3, -0.25) is 14.4 Å². The number of aromatic nitrogens is 6. The number of rotatable bonds is 8. The molecular weight excluding hydrogens is 740 g/mol. The number of aryl methyl sites for hydroxylation is 2. The van der Waals surface area contributed by atoms with Gasteiger partial charge in [0, 0.05) is 41.1 Å². The van der Waals surface area contributed by atoms with Crippen molar-refractivity contribution in [3.8, 4) is 22.3 Å². The van der Waals surface area contributed by atoms with Gasteiger partial charge in [0.05, 0.1) is 34.8 Å². The molecular formula is C40H43ClN8O3S2. The predicted octanol–water partition coefficient (Wildman–Crippen LogP) is 8.22. The third-order valence-electron chi connectivity index (χ3n) is 8.26. The van der Waals surface area contributed by atoms with Crippen molar-refractivity contribution in [2.75, 3.05) is 0 Å². The van der Waals surface area contributed by atoms with Crippen molar-refractivity contribution in [2.45, 2.75) is 79.3 Å². The van der Waals surface area contributed by atoms with E-state index < -0.39 is 0 Å². The molecule has 0 saturated heterocycles. The maximum atomic E-state index is 12.4. The Kier molecular flexibility index (Phi) is 12.6. The molecule has 0 spiro atoms. The van der Waals surface area contributed by atoms with Gasteiger partial charge in [0.1, 0.15) is 9.75 Å². The third kappa shape index (κ3) is 10.5. The summed E-state index contributed by atoms with van der Waals surface area (Å²) in [5, 5.41) is 22.0. The molecule has 4 aromatic heterocycles. The summed E-state index contributed by atoms with van der Waals surface area (Å²) in [5.74, 6) is -0.220. The number of nitrogens with one attached hydrogen (secondary N) is 3. The Morgan fingerprint density at radius 3 is 1.57 bits per heavy atom. The van der Waals surface area contributed by atoms with Crippen LogP contribution in [0, 0.1) is 13.8 Å². The Labute approximate surface area is 327 Å². The van der Waals surface area contributed by atoms with Gasteiger partial charge in [0.25, 0.3) is 17.4 Å². The summed E-state index contributed by atoms with van der Waals surface area (Å²) in [4.78, 5) is 46.2. The molecule has 14 heteroatoms. The second-order valence-electron chi connectivity index (χ2n) is 14.8. The van der Waals surface area contributed by atoms with Gasteiger partial charge in [-0.15, -0.1) is 27.8 Å². The van der Waals surface area contributed by atoms with Crippen LogP contribution in [0.2, 0.25) is 5.15 Å². The van der Waals surface area contributed by atoms with E-state index in [1.54, 1.807) is 30.9 Å². The van der Waals surface area contributed by atoms with E-state index in [-0.39, 0.29) is 28.2 Å². The van der Waals surface area contributed by atoms with E-state index in [1.807, 2.05) is 44.2 Å². The van der Waals surface area contributed by atoms with Crippen LogP contribution in [0.25, 0.3) is 22.3 Å². The van der Waals surface area contributed by atoms with E-state index in [4.69, 9.17) is 11.6 Å². The molecule has 3 N–H and O–H groups in total. The zero-order valence-corrected chi connectivity index (χ0v) is 33.9. The van der Waals surface area contributed by atoms with Gasteiger partial charge in [-0.25, -0.2) is 15.1 Å². The number of carbonyl (C=O) groups excluding carboxylic acids is 2. The van der Waals surface area contributed by atoms with Gasteiger partial charge in [0.15, 0.2) is 5.15 Å². The first kappa shape index (κ1) is 40.1. The van der Waals surface area contributed by atoms with Gasteiger partial charge in [-0.2, -0.15) is 10.2 Å². The summed E-state index contributed by atoms with van der Waals surface area (Å²) in [6, 6.07) is 15.2. The monoisotopic (exact) mass is 782 g/mol. The average Bonchev–Trinajstić information content (AvgIpc) is 3.83. The quantitative estimate of drug-likeness (QED) is 0.140. The van der Waals surface area contributed by atoms with Crippen LogP contribution in [0.5, 0.6) is 0 Å². The van der Waals surface area contributed by atoms with Gasteiger partial charge < -0.3 is 10.6 Å². The topological polar surface area (TPSA) is 156 Å². The first-order valence-corrected chi connectivity index (χ1v) is 19.2. The lowest BCUT2D eigenvalue weighted by Gasteiger charge is -2.13. The Hall–Kier alpha value is -5.11. The first-order chi connectivity index (χ1) is 25.5. The van der Waals surface area contributed by atoms with E-state index >= 15 is 0 Å². The molecule has 0 aliphatic carbocycles. The van der Waals surface area contributed by atoms with E-state index in [0.717, 1.165) is 54.5 Å². The molecule has 0 radical (unpaired) electrons. The second-order valence-corrected chi connectivity index (χ2v) is 17.3. The fraction of sp³-hybridized carbons (Fsp3) is 0.300. The summed E-state index contributed by atoms with van der Waals surface area (Å²) in [5.41, 5.74) is 7.43. The van der Waals surface area contributed by atoms with Crippen molar-refractivity contribution in [2.24, 2.45) is 0 Å². The van der Waals surface area contributed by atoms with Crippen molar-refractivity contribution in [1.82, 2.24) is 41.0 Å². The standard InChI is InChI=1S/C20H21ClN4OS.C20H22N4O2S/c1-12-7-13(15-8-17(21)25-24-10-15)5-6-14(12)9-22-18(26)16-11-23-19(27-16)20(2,3)4;1-12-7-13(15-8-17(25)24-23-10-15)5-6-14(12)9-21-18(26)16-11-22-19(27-16)20(2,3)4/h5-8,10-11H,9H2,1-4H3,(H,22,26);5-8,10-11H,9H2,1-4H3,(H,21,26)(H,24,25). The Bertz CT molecular complexity index is 2340. The number of hydrogen-bond acceptors (Lipinski definition) is 10. The highest BCUT2D eigenvalue weighted by Crippen LogP contribution is 2.29. The number of thiazole rings is 2. The highest BCUT2D eigenvalue weighted by Gasteiger charge is 2.21. The number of carbonyl (C=O) groups is 2. The Morgan fingerprint density at radius 2 is 1.17 bits per heavy atom. The van der Waals surface area contributed by atoms with Crippen molar-refractivity contribution in [3.63, 3.8) is 0 Å². The van der Waals surface area contributed by atoms with Crippen LogP contribution < -0.4 is 16.2 Å². The summed E-state index contributed by atoms with van der Waals surface area (Å²) < 4.78 is 0. The zero-order valence-electron chi connectivity index (χ0n) is 31.5. The number of benzene rings is 2. The number of aromatic amines is 1. The zero-order chi connectivity index (χ0) is 39.2. The fourth-order valence-electron chi connectivity index (χ4n) is 5.16. The largest absolute Gasteiger partial charge is 0.347 e. The smallest absolute Gasteiger partial charge is 0.264 e. The number of hydrogen-bond donors (Lipinski definition) is 3. The lowest BCUT2D eigenvalue weighted by molar-refractivity contribution is 0.0946. The maximum Gasteiger partial charge on any atom is 0.264 e. The van der Waals surface area contributed by atoms with Crippen LogP contribution in [0.4, 0.5) is 0 Å². The van der Waals surface area contributed by atoms with E-state index in [0.29, 0.717) is 28.0 Å². The van der Waals surface area contributed by atoms with Crippen molar-refractivity contribution < 1.29 is 9.59 Å². The normalized spacial score (nSPS) is 11.4. The average molecular weight is 783 g/mol. The molecule has 0 fully saturated rings. The lowest BCUT2D eigenvalue weighted by Crippen LogP contribution is -2.22. The summed E-state index contributed by atoms with van der Waals surface area (Å²) in [7, 11) is 0. The Balaban J connectivity index is 0.000000208. The highest BCUT2D eigenvalue weighted by atomic mass is 35.5. The fourth-order valence-corrected chi connectivity index (χ4v) is 7.10. The summed E-state index contributed by atoms with van der Waals surface area (Å²) in [6.45, 7) is 17.4. The number of halogens is 1. The lowest BCUT2D eigenvalue weighted by atomic mass is 9.98. The maximum absolute atomic E-state index is 12.4. The van der Waals surface area contributed by atoms with Crippen LogP contribution in [-0.4, -0.2) is 42.2 Å². The molecule has 0 unspecified atom stereocenters. The molecule has 2 amide bonds. The molecule has 11 nitrogen and oxygen atoms in total. The van der Waals surface area contributed by atoms with Crippen LogP contribution in [0.3, 0.4) is 0 Å². The number of amides is 2. The summed E-state index contributed by atoms with van der Waals surface area (Å²) in [6.07, 6.45) is 6.58. The highest BCUT2D eigenvalue weighted by molar-refractivity contribution is 7.14. The predicted molar refractivity (Wildman–Crippen MR) is 216 cm³/mol. The van der Waals surface area contributed by atoms with Crippen LogP contribution in [0.1, 0.15) is 93.2 Å². The molecule has 4 heterocycles. The summed E-state index contributed by atoms with van der Waals surface area (Å²) >= 11 is 8.78. The molecule has 0 bridgehead atoms. The molecule has 0 aliphatic heterocycles. The Morgan fingerprint density at radius 1 is 0.685 bits per heavy atom. The minimum atomic E-state index is -0.235. The van der Waals surface area contributed by atoms with Crippen LogP contribution >= 0.6 is 34.3 Å². The minimum absolute atomic E-state index is 0.0552. The molecule has 2 aromatic carbocycles. The van der Waals surface area contributed by atoms with E-state index in [1.165, 1.54) is 28.7 Å². The van der Waals surface area contributed by atoms with Crippen molar-refractivity contribution in [3.05, 3.63) is 131 Å². The SMILES string of the molecule is Cc1cc(-c2cn[nH]c(=O)c2)ccc1CNC(=O)c1cnc(C(C)(C)C)s1.Cc1cc(-c2cnnc(Cl)c2)ccc1CNC(=O)c1cnc(C(C)(C)C)s1. The van der Waals surface area contributed by atoms with Crippen molar-refractivity contribution in [1.29, 1.82) is 0 Å². The minimum Gasteiger partial charge on any atom is -0.347 e. The molecule has 0 atom stereocenters. The molecule has 0 saturated carbocycles. The molecule has 54 heavy (non-hydrogen) atoms. The van der Waals surface area contributed by atoms with Gasteiger partial charge >= 0.3 is 0 Å². The van der Waals surface area contributed by atoms with Crippen LogP contribution in [-0.2, 0) is 23.9 Å². The van der Waals surface area contributed by atoms with Gasteiger partial charge in [0.2, 0.25) is 0 Å². The molecule has 0 aliphatic rings. The first-order valence-electron chi connectivity index (χ1n) is 17.2. The third-order valence-corrected chi connectivity index (χ3v) is 11.3. The number of H-pyrrole nitrogens is 1. The van der Waals surface area contributed by atoms with Gasteiger partial charge in [-0.05, 0) is 53.3 Å². The van der Waals surface area contributed by atoms with Crippen molar-refractivity contribution >= 4 is 46.1 Å². The molecule has 6 rings (SSSR count). The van der Waals surface area contributed by atoms with E-state index in [2.05, 4.69) is 88.6 Å². The molecule has 280 valence electrons.